The van der Waals surface area contributed by atoms with Crippen LogP contribution >= 0.6 is 0 Å². The molecular weight excluding hydrogens is 202 g/mol. The first-order valence-electron chi connectivity index (χ1n) is 6.32. The maximum Gasteiger partial charge on any atom is 0.171 e. The number of piperidine rings is 1. The van der Waals surface area contributed by atoms with Gasteiger partial charge in [0.2, 0.25) is 0 Å². The van der Waals surface area contributed by atoms with E-state index in [4.69, 9.17) is 4.74 Å². The van der Waals surface area contributed by atoms with Crippen molar-refractivity contribution >= 4 is 5.78 Å². The molecule has 2 fully saturated rings. The van der Waals surface area contributed by atoms with E-state index in [1.54, 1.807) is 0 Å². The minimum Gasteiger partial charge on any atom is -0.361 e. The van der Waals surface area contributed by atoms with Gasteiger partial charge in [-0.2, -0.15) is 0 Å². The molecule has 0 saturated carbocycles. The monoisotopic (exact) mass is 225 g/mol. The second-order valence-electron chi connectivity index (χ2n) is 6.11. The van der Waals surface area contributed by atoms with Crippen molar-refractivity contribution in [3.63, 3.8) is 0 Å². The van der Waals surface area contributed by atoms with E-state index in [2.05, 4.69) is 5.32 Å². The van der Waals surface area contributed by atoms with Crippen molar-refractivity contribution in [1.82, 2.24) is 5.32 Å². The van der Waals surface area contributed by atoms with Crippen molar-refractivity contribution in [3.8, 4) is 0 Å². The molecule has 2 atom stereocenters. The fraction of sp³-hybridized carbons (Fsp3) is 0.923. The van der Waals surface area contributed by atoms with Gasteiger partial charge in [-0.25, -0.2) is 0 Å². The zero-order chi connectivity index (χ0) is 12.0. The summed E-state index contributed by atoms with van der Waals surface area (Å²) in [6, 6.07) is 0.304. The van der Waals surface area contributed by atoms with Crippen LogP contribution in [0.1, 0.15) is 47.0 Å². The van der Waals surface area contributed by atoms with Gasteiger partial charge in [0.25, 0.3) is 0 Å². The summed E-state index contributed by atoms with van der Waals surface area (Å²) in [5.41, 5.74) is -0.955. The Kier molecular flexibility index (Phi) is 2.87. The molecule has 92 valence electrons. The molecule has 16 heavy (non-hydrogen) atoms. The van der Waals surface area contributed by atoms with E-state index >= 15 is 0 Å². The predicted octanol–water partition coefficient (Wildman–Crippen LogP) is 1.90. The first kappa shape index (κ1) is 12.1. The van der Waals surface area contributed by atoms with Crippen LogP contribution in [0, 0.1) is 5.92 Å². The van der Waals surface area contributed by atoms with E-state index in [1.807, 2.05) is 27.7 Å². The number of carbonyl (C=O) groups is 1. The van der Waals surface area contributed by atoms with E-state index in [-0.39, 0.29) is 17.3 Å². The minimum atomic E-state index is -0.618. The van der Waals surface area contributed by atoms with Gasteiger partial charge in [0, 0.05) is 6.04 Å². The maximum atomic E-state index is 12.4. The molecule has 0 aromatic carbocycles. The smallest absolute Gasteiger partial charge is 0.171 e. The van der Waals surface area contributed by atoms with Crippen LogP contribution in [0.4, 0.5) is 0 Å². The van der Waals surface area contributed by atoms with Gasteiger partial charge in [0.1, 0.15) is 5.60 Å². The Morgan fingerprint density at radius 2 is 1.94 bits per heavy atom. The highest BCUT2D eigenvalue weighted by molar-refractivity contribution is 5.92. The Hall–Kier alpha value is -0.410. The highest BCUT2D eigenvalue weighted by atomic mass is 16.5. The lowest BCUT2D eigenvalue weighted by Crippen LogP contribution is -2.49. The third-order valence-corrected chi connectivity index (χ3v) is 3.89. The number of carbonyl (C=O) groups excluding carboxylic acids is 1. The number of ketones is 1. The van der Waals surface area contributed by atoms with Gasteiger partial charge in [0.05, 0.1) is 11.5 Å². The third-order valence-electron chi connectivity index (χ3n) is 3.89. The normalized spacial score (nSPS) is 37.6. The second kappa shape index (κ2) is 3.81. The van der Waals surface area contributed by atoms with Gasteiger partial charge in [-0.1, -0.05) is 6.42 Å². The summed E-state index contributed by atoms with van der Waals surface area (Å²) < 4.78 is 5.92. The molecule has 2 heterocycles. The van der Waals surface area contributed by atoms with E-state index in [0.717, 1.165) is 13.0 Å². The van der Waals surface area contributed by atoms with E-state index in [9.17, 15) is 4.79 Å². The fourth-order valence-electron chi connectivity index (χ4n) is 3.29. The summed E-state index contributed by atoms with van der Waals surface area (Å²) in [5, 5.41) is 3.48. The molecule has 0 aromatic rings. The summed E-state index contributed by atoms with van der Waals surface area (Å²) in [4.78, 5) is 12.4. The molecule has 0 aromatic heterocycles. The predicted molar refractivity (Wildman–Crippen MR) is 63.4 cm³/mol. The molecule has 0 spiro atoms. The van der Waals surface area contributed by atoms with Gasteiger partial charge < -0.3 is 10.1 Å². The molecule has 1 N–H and O–H groups in total. The Labute approximate surface area is 97.9 Å². The quantitative estimate of drug-likeness (QED) is 0.740. The second-order valence-corrected chi connectivity index (χ2v) is 6.11. The molecule has 3 heteroatoms. The van der Waals surface area contributed by atoms with Crippen LogP contribution in [-0.2, 0) is 9.53 Å². The van der Waals surface area contributed by atoms with Gasteiger partial charge in [-0.3, -0.25) is 4.79 Å². The average Bonchev–Trinajstić information content (AvgIpc) is 2.33. The zero-order valence-corrected chi connectivity index (χ0v) is 10.8. The first-order valence-corrected chi connectivity index (χ1v) is 6.32. The number of rotatable bonds is 1. The Morgan fingerprint density at radius 1 is 1.25 bits per heavy atom. The van der Waals surface area contributed by atoms with Crippen LogP contribution in [0.25, 0.3) is 0 Å². The zero-order valence-electron chi connectivity index (χ0n) is 10.8. The molecule has 2 unspecified atom stereocenters. The van der Waals surface area contributed by atoms with Crippen LogP contribution in [0.2, 0.25) is 0 Å². The van der Waals surface area contributed by atoms with E-state index in [0.29, 0.717) is 6.04 Å². The first-order chi connectivity index (χ1) is 7.34. The van der Waals surface area contributed by atoms with Crippen molar-refractivity contribution in [1.29, 1.82) is 0 Å². The highest BCUT2D eigenvalue weighted by Crippen LogP contribution is 2.42. The summed E-state index contributed by atoms with van der Waals surface area (Å²) in [7, 11) is 0. The van der Waals surface area contributed by atoms with Gasteiger partial charge in [-0.05, 0) is 47.1 Å². The van der Waals surface area contributed by atoms with Gasteiger partial charge in [0.15, 0.2) is 5.78 Å². The topological polar surface area (TPSA) is 38.3 Å². The minimum absolute atomic E-state index is 0.00259. The van der Waals surface area contributed by atoms with Crippen molar-refractivity contribution in [2.75, 3.05) is 6.54 Å². The van der Waals surface area contributed by atoms with Gasteiger partial charge in [-0.15, -0.1) is 0 Å². The summed E-state index contributed by atoms with van der Waals surface area (Å²) in [6.45, 7) is 8.89. The fourth-order valence-corrected chi connectivity index (χ4v) is 3.29. The molecule has 2 aliphatic rings. The molecule has 0 amide bonds. The lowest BCUT2D eigenvalue weighted by Gasteiger charge is -2.34. The molecule has 0 bridgehead atoms. The SMILES string of the molecule is CC1(C)OC(C)(C)C(C2CCCCN2)C1=O. The molecule has 2 aliphatic heterocycles. The molecule has 3 nitrogen and oxygen atoms in total. The number of hydrogen-bond donors (Lipinski definition) is 1. The molecule has 2 rings (SSSR count). The number of nitrogens with one attached hydrogen (secondary N) is 1. The van der Waals surface area contributed by atoms with Crippen LogP contribution in [0.5, 0.6) is 0 Å². The van der Waals surface area contributed by atoms with E-state index < -0.39 is 5.60 Å². The lowest BCUT2D eigenvalue weighted by molar-refractivity contribution is -0.132. The van der Waals surface area contributed by atoms with Crippen LogP contribution in [-0.4, -0.2) is 29.6 Å². The summed E-state index contributed by atoms with van der Waals surface area (Å²) >= 11 is 0. The average molecular weight is 225 g/mol. The number of hydrogen-bond acceptors (Lipinski definition) is 3. The maximum absolute atomic E-state index is 12.4. The number of ether oxygens (including phenoxy) is 1. The van der Waals surface area contributed by atoms with Crippen molar-refractivity contribution in [2.45, 2.75) is 64.2 Å². The van der Waals surface area contributed by atoms with Crippen LogP contribution in [0.15, 0.2) is 0 Å². The van der Waals surface area contributed by atoms with Crippen molar-refractivity contribution in [3.05, 3.63) is 0 Å². The number of Topliss-reactive ketones (excluding diaryl/α,β-unsaturated/α-hetero) is 1. The van der Waals surface area contributed by atoms with Crippen LogP contribution in [0.3, 0.4) is 0 Å². The molecule has 2 saturated heterocycles. The van der Waals surface area contributed by atoms with Crippen LogP contribution < -0.4 is 5.32 Å². The van der Waals surface area contributed by atoms with Crippen molar-refractivity contribution in [2.24, 2.45) is 5.92 Å². The lowest BCUT2D eigenvalue weighted by atomic mass is 9.78. The Balaban J connectivity index is 2.21. The van der Waals surface area contributed by atoms with Crippen molar-refractivity contribution < 1.29 is 9.53 Å². The summed E-state index contributed by atoms with van der Waals surface area (Å²) in [6.07, 6.45) is 3.54. The highest BCUT2D eigenvalue weighted by Gasteiger charge is 2.55. The molecule has 0 radical (unpaired) electrons. The third kappa shape index (κ3) is 1.91. The largest absolute Gasteiger partial charge is 0.361 e. The Bertz CT molecular complexity index is 290. The van der Waals surface area contributed by atoms with Gasteiger partial charge >= 0.3 is 0 Å². The summed E-state index contributed by atoms with van der Waals surface area (Å²) in [5.74, 6) is 0.264. The Morgan fingerprint density at radius 3 is 2.38 bits per heavy atom. The standard InChI is InChI=1S/C13H23NO2/c1-12(2)10(9-7-5-6-8-14-9)11(15)13(3,4)16-12/h9-10,14H,5-8H2,1-4H3. The molecular formula is C13H23NO2. The van der Waals surface area contributed by atoms with E-state index in [1.165, 1.54) is 12.8 Å². The molecule has 0 aliphatic carbocycles.